The van der Waals surface area contributed by atoms with Crippen LogP contribution in [0.15, 0.2) is 22.8 Å². The van der Waals surface area contributed by atoms with Crippen molar-refractivity contribution in [3.63, 3.8) is 0 Å². The van der Waals surface area contributed by atoms with E-state index in [9.17, 15) is 0 Å². The second-order valence-corrected chi connectivity index (χ2v) is 5.13. The first-order valence-corrected chi connectivity index (χ1v) is 6.80. The molecule has 1 aliphatic heterocycles. The van der Waals surface area contributed by atoms with Crippen molar-refractivity contribution in [2.75, 3.05) is 19.6 Å². The van der Waals surface area contributed by atoms with Gasteiger partial charge in [0.15, 0.2) is 0 Å². The standard InChI is InChI=1S/C14H24N2O/c1-12(13-4-2-7-15-10-13)6-8-16-11-14-5-3-9-17-14/h3,5,9,12-13,15-16H,2,4,6-8,10-11H2,1H3. The molecule has 2 atom stereocenters. The smallest absolute Gasteiger partial charge is 0.117 e. The minimum atomic E-state index is 0.812. The van der Waals surface area contributed by atoms with Gasteiger partial charge in [-0.15, -0.1) is 0 Å². The number of hydrogen-bond donors (Lipinski definition) is 2. The van der Waals surface area contributed by atoms with E-state index < -0.39 is 0 Å². The molecule has 0 aliphatic carbocycles. The molecule has 0 amide bonds. The van der Waals surface area contributed by atoms with E-state index in [0.29, 0.717) is 0 Å². The molecule has 2 N–H and O–H groups in total. The zero-order chi connectivity index (χ0) is 11.9. The molecule has 3 nitrogen and oxygen atoms in total. The van der Waals surface area contributed by atoms with Gasteiger partial charge >= 0.3 is 0 Å². The fourth-order valence-electron chi connectivity index (χ4n) is 2.55. The van der Waals surface area contributed by atoms with Crippen LogP contribution in [0.2, 0.25) is 0 Å². The molecule has 1 aromatic heterocycles. The number of rotatable bonds is 6. The van der Waals surface area contributed by atoms with Crippen LogP contribution in [0.1, 0.15) is 31.9 Å². The van der Waals surface area contributed by atoms with Gasteiger partial charge in [0, 0.05) is 0 Å². The highest BCUT2D eigenvalue weighted by molar-refractivity contribution is 4.97. The molecule has 0 saturated carbocycles. The Morgan fingerprint density at radius 3 is 3.24 bits per heavy atom. The third-order valence-electron chi connectivity index (χ3n) is 3.80. The first kappa shape index (κ1) is 12.7. The van der Waals surface area contributed by atoms with Crippen molar-refractivity contribution in [3.05, 3.63) is 24.2 Å². The van der Waals surface area contributed by atoms with Gasteiger partial charge in [0.25, 0.3) is 0 Å². The Labute approximate surface area is 104 Å². The van der Waals surface area contributed by atoms with E-state index in [-0.39, 0.29) is 0 Å². The lowest BCUT2D eigenvalue weighted by atomic mass is 9.85. The molecule has 1 fully saturated rings. The van der Waals surface area contributed by atoms with Crippen molar-refractivity contribution in [3.8, 4) is 0 Å². The minimum Gasteiger partial charge on any atom is -0.468 e. The maximum absolute atomic E-state index is 5.28. The van der Waals surface area contributed by atoms with Crippen molar-refractivity contribution >= 4 is 0 Å². The SMILES string of the molecule is CC(CCNCc1ccco1)C1CCCNC1. The first-order valence-electron chi connectivity index (χ1n) is 6.80. The van der Waals surface area contributed by atoms with Crippen molar-refractivity contribution in [1.82, 2.24) is 10.6 Å². The van der Waals surface area contributed by atoms with Gasteiger partial charge in [-0.05, 0) is 62.9 Å². The Hall–Kier alpha value is -0.800. The predicted octanol–water partition coefficient (Wildman–Crippen LogP) is 2.40. The molecule has 1 aliphatic rings. The van der Waals surface area contributed by atoms with Crippen LogP contribution in [-0.4, -0.2) is 19.6 Å². The van der Waals surface area contributed by atoms with E-state index in [4.69, 9.17) is 4.42 Å². The predicted molar refractivity (Wildman–Crippen MR) is 69.8 cm³/mol. The van der Waals surface area contributed by atoms with E-state index in [1.807, 2.05) is 12.1 Å². The van der Waals surface area contributed by atoms with E-state index >= 15 is 0 Å². The Morgan fingerprint density at radius 2 is 2.53 bits per heavy atom. The van der Waals surface area contributed by atoms with Gasteiger partial charge < -0.3 is 15.1 Å². The largest absolute Gasteiger partial charge is 0.468 e. The van der Waals surface area contributed by atoms with Gasteiger partial charge in [-0.2, -0.15) is 0 Å². The summed E-state index contributed by atoms with van der Waals surface area (Å²) in [6, 6.07) is 3.95. The lowest BCUT2D eigenvalue weighted by Crippen LogP contribution is -2.34. The summed E-state index contributed by atoms with van der Waals surface area (Å²) in [6.45, 7) is 6.73. The second kappa shape index (κ2) is 6.82. The van der Waals surface area contributed by atoms with Gasteiger partial charge in [0.05, 0.1) is 12.8 Å². The molecule has 0 spiro atoms. The summed E-state index contributed by atoms with van der Waals surface area (Å²) in [7, 11) is 0. The van der Waals surface area contributed by atoms with Crippen molar-refractivity contribution < 1.29 is 4.42 Å². The average Bonchev–Trinajstić information content (AvgIpc) is 2.88. The normalized spacial score (nSPS) is 22.5. The van der Waals surface area contributed by atoms with Gasteiger partial charge in [-0.3, -0.25) is 0 Å². The van der Waals surface area contributed by atoms with E-state index in [0.717, 1.165) is 30.7 Å². The molecule has 1 saturated heterocycles. The Kier molecular flexibility index (Phi) is 5.08. The van der Waals surface area contributed by atoms with Crippen LogP contribution in [-0.2, 0) is 6.54 Å². The molecule has 0 radical (unpaired) electrons. The van der Waals surface area contributed by atoms with Gasteiger partial charge in [0.2, 0.25) is 0 Å². The summed E-state index contributed by atoms with van der Waals surface area (Å²) in [4.78, 5) is 0. The Bertz CT molecular complexity index is 291. The molecule has 2 heterocycles. The van der Waals surface area contributed by atoms with E-state index in [1.54, 1.807) is 6.26 Å². The zero-order valence-corrected chi connectivity index (χ0v) is 10.7. The molecule has 0 bridgehead atoms. The molecule has 1 aromatic rings. The third-order valence-corrected chi connectivity index (χ3v) is 3.80. The lowest BCUT2D eigenvalue weighted by molar-refractivity contribution is 0.265. The fourth-order valence-corrected chi connectivity index (χ4v) is 2.55. The van der Waals surface area contributed by atoms with Gasteiger partial charge in [0.1, 0.15) is 5.76 Å². The molecule has 17 heavy (non-hydrogen) atoms. The molecule has 0 aromatic carbocycles. The van der Waals surface area contributed by atoms with Crippen molar-refractivity contribution in [2.24, 2.45) is 11.8 Å². The van der Waals surface area contributed by atoms with Gasteiger partial charge in [-0.1, -0.05) is 6.92 Å². The van der Waals surface area contributed by atoms with Crippen LogP contribution in [0.25, 0.3) is 0 Å². The topological polar surface area (TPSA) is 37.2 Å². The summed E-state index contributed by atoms with van der Waals surface area (Å²) in [5.41, 5.74) is 0. The summed E-state index contributed by atoms with van der Waals surface area (Å²) in [5.74, 6) is 2.71. The monoisotopic (exact) mass is 236 g/mol. The lowest BCUT2D eigenvalue weighted by Gasteiger charge is -2.28. The summed E-state index contributed by atoms with van der Waals surface area (Å²) >= 11 is 0. The summed E-state index contributed by atoms with van der Waals surface area (Å²) in [5, 5.41) is 6.94. The number of nitrogens with one attached hydrogen (secondary N) is 2. The van der Waals surface area contributed by atoms with E-state index in [2.05, 4.69) is 17.6 Å². The minimum absolute atomic E-state index is 0.812. The highest BCUT2D eigenvalue weighted by atomic mass is 16.3. The van der Waals surface area contributed by atoms with Gasteiger partial charge in [-0.25, -0.2) is 0 Å². The zero-order valence-electron chi connectivity index (χ0n) is 10.7. The van der Waals surface area contributed by atoms with Crippen LogP contribution >= 0.6 is 0 Å². The molecular formula is C14H24N2O. The number of furan rings is 1. The molecule has 2 rings (SSSR count). The third kappa shape index (κ3) is 4.17. The average molecular weight is 236 g/mol. The van der Waals surface area contributed by atoms with Crippen LogP contribution in [0.5, 0.6) is 0 Å². The highest BCUT2D eigenvalue weighted by Gasteiger charge is 2.19. The van der Waals surface area contributed by atoms with Crippen molar-refractivity contribution in [1.29, 1.82) is 0 Å². The first-order chi connectivity index (χ1) is 8.36. The van der Waals surface area contributed by atoms with Crippen LogP contribution < -0.4 is 10.6 Å². The Morgan fingerprint density at radius 1 is 1.59 bits per heavy atom. The summed E-state index contributed by atoms with van der Waals surface area (Å²) < 4.78 is 5.28. The molecule has 3 heteroatoms. The summed E-state index contributed by atoms with van der Waals surface area (Å²) in [6.07, 6.45) is 5.72. The fraction of sp³-hybridized carbons (Fsp3) is 0.714. The molecular weight excluding hydrogens is 212 g/mol. The molecule has 96 valence electrons. The van der Waals surface area contributed by atoms with Crippen molar-refractivity contribution in [2.45, 2.75) is 32.7 Å². The second-order valence-electron chi connectivity index (χ2n) is 5.13. The maximum Gasteiger partial charge on any atom is 0.117 e. The van der Waals surface area contributed by atoms with Crippen LogP contribution in [0.4, 0.5) is 0 Å². The van der Waals surface area contributed by atoms with Crippen LogP contribution in [0.3, 0.4) is 0 Å². The highest BCUT2D eigenvalue weighted by Crippen LogP contribution is 2.21. The van der Waals surface area contributed by atoms with Crippen LogP contribution in [0, 0.1) is 11.8 Å². The number of piperidine rings is 1. The molecule has 2 unspecified atom stereocenters. The Balaban J connectivity index is 1.57. The maximum atomic E-state index is 5.28. The van der Waals surface area contributed by atoms with E-state index in [1.165, 1.54) is 32.4 Å². The number of hydrogen-bond acceptors (Lipinski definition) is 3. The quantitative estimate of drug-likeness (QED) is 0.745.